The van der Waals surface area contributed by atoms with Crippen molar-refractivity contribution in [1.29, 1.82) is 0 Å². The average Bonchev–Trinajstić information content (AvgIpc) is 3.00. The molecule has 1 aliphatic carbocycles. The van der Waals surface area contributed by atoms with Crippen LogP contribution in [0.1, 0.15) is 61.4 Å². The topological polar surface area (TPSA) is 98.8 Å². The minimum atomic E-state index is -0.875. The molecule has 8 nitrogen and oxygen atoms in total. The molecular formula is C23H30N4O4. The zero-order chi connectivity index (χ0) is 22.2. The summed E-state index contributed by atoms with van der Waals surface area (Å²) >= 11 is 0. The highest BCUT2D eigenvalue weighted by Gasteiger charge is 2.53. The molecule has 2 N–H and O–H groups in total. The van der Waals surface area contributed by atoms with E-state index in [4.69, 9.17) is 0 Å². The van der Waals surface area contributed by atoms with Gasteiger partial charge in [-0.1, -0.05) is 25.1 Å². The summed E-state index contributed by atoms with van der Waals surface area (Å²) in [6.45, 7) is 4.98. The predicted molar refractivity (Wildman–Crippen MR) is 114 cm³/mol. The van der Waals surface area contributed by atoms with Crippen LogP contribution in [-0.2, 0) is 9.59 Å². The fraction of sp³-hybridized carbons (Fsp3) is 0.565. The summed E-state index contributed by atoms with van der Waals surface area (Å²) in [7, 11) is 0. The zero-order valence-corrected chi connectivity index (χ0v) is 18.1. The minimum Gasteiger partial charge on any atom is -0.339 e. The number of piperidine rings is 1. The van der Waals surface area contributed by atoms with Crippen molar-refractivity contribution >= 4 is 23.8 Å². The highest BCUT2D eigenvalue weighted by molar-refractivity contribution is 6.08. The molecule has 0 aromatic heterocycles. The van der Waals surface area contributed by atoms with E-state index in [1.807, 2.05) is 31.2 Å². The van der Waals surface area contributed by atoms with E-state index in [-0.39, 0.29) is 23.6 Å². The first kappa shape index (κ1) is 21.3. The van der Waals surface area contributed by atoms with Crippen LogP contribution in [0.5, 0.6) is 0 Å². The Labute approximate surface area is 182 Å². The average molecular weight is 427 g/mol. The second-order valence-corrected chi connectivity index (χ2v) is 9.19. The molecule has 2 aliphatic heterocycles. The second-order valence-electron chi connectivity index (χ2n) is 9.19. The van der Waals surface area contributed by atoms with Gasteiger partial charge < -0.3 is 10.2 Å². The van der Waals surface area contributed by atoms with Crippen LogP contribution in [-0.4, -0.2) is 52.3 Å². The molecule has 166 valence electrons. The molecule has 1 saturated carbocycles. The van der Waals surface area contributed by atoms with Crippen LogP contribution < -0.4 is 10.7 Å². The van der Waals surface area contributed by atoms with Crippen molar-refractivity contribution in [3.63, 3.8) is 0 Å². The highest BCUT2D eigenvalue weighted by atomic mass is 16.2. The van der Waals surface area contributed by atoms with Gasteiger partial charge in [0.15, 0.2) is 0 Å². The highest BCUT2D eigenvalue weighted by Crippen LogP contribution is 2.36. The number of hydrogen-bond donors (Lipinski definition) is 2. The molecule has 1 spiro atoms. The van der Waals surface area contributed by atoms with E-state index in [0.29, 0.717) is 50.3 Å². The third-order valence-electron chi connectivity index (χ3n) is 7.04. The molecule has 0 radical (unpaired) electrons. The van der Waals surface area contributed by atoms with Gasteiger partial charge >= 0.3 is 6.03 Å². The number of imide groups is 1. The SMILES string of the molecule is Cc1ccccc1C(=O)N1CCC(C(=O)NN2C(=O)NC3(CCC(C)CC3)C2=O)CC1. The van der Waals surface area contributed by atoms with Gasteiger partial charge in [-0.15, -0.1) is 0 Å². The molecule has 3 aliphatic rings. The number of carbonyl (C=O) groups excluding carboxylic acids is 4. The minimum absolute atomic E-state index is 0.0282. The number of carbonyl (C=O) groups is 4. The van der Waals surface area contributed by atoms with Crippen LogP contribution >= 0.6 is 0 Å². The molecule has 8 heteroatoms. The number of hydrazine groups is 1. The van der Waals surface area contributed by atoms with Crippen molar-refractivity contribution in [1.82, 2.24) is 20.7 Å². The van der Waals surface area contributed by atoms with Gasteiger partial charge in [-0.25, -0.2) is 4.79 Å². The quantitative estimate of drug-likeness (QED) is 0.725. The molecule has 31 heavy (non-hydrogen) atoms. The number of nitrogens with zero attached hydrogens (tertiary/aromatic N) is 2. The van der Waals surface area contributed by atoms with Gasteiger partial charge in [0.1, 0.15) is 5.54 Å². The number of rotatable bonds is 3. The van der Waals surface area contributed by atoms with Crippen LogP contribution in [0.15, 0.2) is 24.3 Å². The molecular weight excluding hydrogens is 396 g/mol. The first-order valence-corrected chi connectivity index (χ1v) is 11.1. The summed E-state index contributed by atoms with van der Waals surface area (Å²) in [5.74, 6) is -0.534. The molecule has 5 amide bonds. The van der Waals surface area contributed by atoms with Gasteiger partial charge in [-0.3, -0.25) is 19.8 Å². The summed E-state index contributed by atoms with van der Waals surface area (Å²) < 4.78 is 0. The number of hydrogen-bond acceptors (Lipinski definition) is 4. The largest absolute Gasteiger partial charge is 0.344 e. The Morgan fingerprint density at radius 1 is 1.06 bits per heavy atom. The third-order valence-corrected chi connectivity index (χ3v) is 7.04. The number of amides is 5. The first-order valence-electron chi connectivity index (χ1n) is 11.1. The number of benzene rings is 1. The number of nitrogens with one attached hydrogen (secondary N) is 2. The van der Waals surface area contributed by atoms with Crippen molar-refractivity contribution in [2.45, 2.75) is 57.9 Å². The monoisotopic (exact) mass is 426 g/mol. The van der Waals surface area contributed by atoms with E-state index < -0.39 is 11.6 Å². The van der Waals surface area contributed by atoms with Crippen LogP contribution in [0.3, 0.4) is 0 Å². The van der Waals surface area contributed by atoms with E-state index in [1.54, 1.807) is 4.90 Å². The Bertz CT molecular complexity index is 899. The van der Waals surface area contributed by atoms with Crippen molar-refractivity contribution in [3.8, 4) is 0 Å². The standard InChI is InChI=1S/C23H30N4O4/c1-15-7-11-23(12-8-15)21(30)27(22(31)24-23)25-19(28)17-9-13-26(14-10-17)20(29)18-6-4-3-5-16(18)2/h3-6,15,17H,7-14H2,1-2H3,(H,24,31)(H,25,28). The fourth-order valence-electron chi connectivity index (χ4n) is 4.85. The third kappa shape index (κ3) is 4.03. The Hall–Kier alpha value is -2.90. The first-order chi connectivity index (χ1) is 14.8. The molecule has 1 aromatic rings. The maximum absolute atomic E-state index is 12.9. The van der Waals surface area contributed by atoms with E-state index in [2.05, 4.69) is 17.7 Å². The van der Waals surface area contributed by atoms with Gasteiger partial charge in [0.05, 0.1) is 0 Å². The smallest absolute Gasteiger partial charge is 0.339 e. The van der Waals surface area contributed by atoms with Crippen LogP contribution in [0.2, 0.25) is 0 Å². The Morgan fingerprint density at radius 3 is 2.35 bits per heavy atom. The Morgan fingerprint density at radius 2 is 1.71 bits per heavy atom. The molecule has 0 atom stereocenters. The lowest BCUT2D eigenvalue weighted by atomic mass is 9.77. The lowest BCUT2D eigenvalue weighted by Crippen LogP contribution is -2.53. The van der Waals surface area contributed by atoms with Crippen LogP contribution in [0, 0.1) is 18.8 Å². The van der Waals surface area contributed by atoms with Crippen LogP contribution in [0.4, 0.5) is 4.79 Å². The summed E-state index contributed by atoms with van der Waals surface area (Å²) in [5, 5.41) is 3.68. The summed E-state index contributed by atoms with van der Waals surface area (Å²) in [6.07, 6.45) is 3.95. The number of aryl methyl sites for hydroxylation is 1. The van der Waals surface area contributed by atoms with Crippen molar-refractivity contribution < 1.29 is 19.2 Å². The van der Waals surface area contributed by atoms with Gasteiger partial charge in [-0.2, -0.15) is 5.01 Å². The van der Waals surface area contributed by atoms with Crippen LogP contribution in [0.25, 0.3) is 0 Å². The normalized spacial score (nSPS) is 26.8. The van der Waals surface area contributed by atoms with Gasteiger partial charge in [0, 0.05) is 24.6 Å². The summed E-state index contributed by atoms with van der Waals surface area (Å²) in [5.41, 5.74) is 3.28. The molecule has 0 bridgehead atoms. The lowest BCUT2D eigenvalue weighted by Gasteiger charge is -2.34. The van der Waals surface area contributed by atoms with E-state index in [1.165, 1.54) is 0 Å². The van der Waals surface area contributed by atoms with Crippen molar-refractivity contribution in [3.05, 3.63) is 35.4 Å². The number of likely N-dealkylation sites (tertiary alicyclic amines) is 1. The van der Waals surface area contributed by atoms with Gasteiger partial charge in [0.2, 0.25) is 5.91 Å². The van der Waals surface area contributed by atoms with Crippen molar-refractivity contribution in [2.24, 2.45) is 11.8 Å². The predicted octanol–water partition coefficient (Wildman–Crippen LogP) is 2.38. The van der Waals surface area contributed by atoms with Gasteiger partial charge in [-0.05, 0) is 63.0 Å². The molecule has 0 unspecified atom stereocenters. The molecule has 1 aromatic carbocycles. The summed E-state index contributed by atoms with van der Waals surface area (Å²) in [6, 6.07) is 6.91. The summed E-state index contributed by atoms with van der Waals surface area (Å²) in [4.78, 5) is 52.7. The number of urea groups is 1. The molecule has 2 heterocycles. The van der Waals surface area contributed by atoms with E-state index in [0.717, 1.165) is 23.4 Å². The fourth-order valence-corrected chi connectivity index (χ4v) is 4.85. The maximum Gasteiger partial charge on any atom is 0.344 e. The maximum atomic E-state index is 12.9. The zero-order valence-electron chi connectivity index (χ0n) is 18.1. The molecule has 3 fully saturated rings. The molecule has 4 rings (SSSR count). The molecule has 2 saturated heterocycles. The van der Waals surface area contributed by atoms with Crippen molar-refractivity contribution in [2.75, 3.05) is 13.1 Å². The second kappa shape index (κ2) is 8.32. The van der Waals surface area contributed by atoms with E-state index in [9.17, 15) is 19.2 Å². The van der Waals surface area contributed by atoms with E-state index >= 15 is 0 Å². The Kier molecular flexibility index (Phi) is 5.73. The van der Waals surface area contributed by atoms with Gasteiger partial charge in [0.25, 0.3) is 11.8 Å². The Balaban J connectivity index is 1.33. The lowest BCUT2D eigenvalue weighted by molar-refractivity contribution is -0.142.